The number of H-pyrrole nitrogens is 1. The third-order valence-corrected chi connectivity index (χ3v) is 6.43. The van der Waals surface area contributed by atoms with Crippen LogP contribution in [0.25, 0.3) is 0 Å². The fourth-order valence-corrected chi connectivity index (χ4v) is 4.54. The number of fused-ring (bicyclic) bond motifs is 4. The Kier molecular flexibility index (Phi) is 4.29. The second-order valence-corrected chi connectivity index (χ2v) is 7.96. The van der Waals surface area contributed by atoms with Gasteiger partial charge in [0.1, 0.15) is 0 Å². The van der Waals surface area contributed by atoms with E-state index in [-0.39, 0.29) is 23.8 Å². The molecule has 0 spiro atoms. The summed E-state index contributed by atoms with van der Waals surface area (Å²) in [6, 6.07) is 0.181. The van der Waals surface area contributed by atoms with Gasteiger partial charge in [-0.05, 0) is 44.9 Å². The molecule has 1 saturated carbocycles. The van der Waals surface area contributed by atoms with E-state index >= 15 is 0 Å². The third-order valence-electron chi connectivity index (χ3n) is 6.43. The van der Waals surface area contributed by atoms with E-state index in [4.69, 9.17) is 0 Å². The van der Waals surface area contributed by atoms with Crippen molar-refractivity contribution in [1.29, 1.82) is 0 Å². The van der Waals surface area contributed by atoms with Crippen molar-refractivity contribution in [3.05, 3.63) is 17.0 Å². The zero-order valence-corrected chi connectivity index (χ0v) is 15.3. The van der Waals surface area contributed by atoms with E-state index in [0.29, 0.717) is 24.7 Å². The van der Waals surface area contributed by atoms with Crippen LogP contribution in [0.4, 0.5) is 0 Å². The molecule has 1 aromatic heterocycles. The number of aromatic nitrogens is 2. The number of aryl methyl sites for hydroxylation is 1. The van der Waals surface area contributed by atoms with Gasteiger partial charge >= 0.3 is 0 Å². The standard InChI is InChI=1S/C19H28N4O2/c1-3-16-12(2)17(21-20-16)19(25)22-10-14-7-8-15(11-22)23(18(14)24)9-13-5-4-6-13/h13-15H,3-11H2,1-2H3,(H,20,21)/t14-,15+/m0/s1. The molecular formula is C19H28N4O2. The zero-order chi connectivity index (χ0) is 17.6. The second kappa shape index (κ2) is 6.46. The van der Waals surface area contributed by atoms with Gasteiger partial charge in [0.25, 0.3) is 5.91 Å². The Morgan fingerprint density at radius 3 is 2.68 bits per heavy atom. The minimum absolute atomic E-state index is 0.0244. The van der Waals surface area contributed by atoms with Gasteiger partial charge in [-0.2, -0.15) is 5.10 Å². The molecule has 4 aliphatic rings. The summed E-state index contributed by atoms with van der Waals surface area (Å²) >= 11 is 0. The van der Waals surface area contributed by atoms with Crippen LogP contribution in [0.15, 0.2) is 0 Å². The third kappa shape index (κ3) is 2.85. The average molecular weight is 344 g/mol. The van der Waals surface area contributed by atoms with Gasteiger partial charge in [-0.3, -0.25) is 14.7 Å². The molecule has 5 rings (SSSR count). The van der Waals surface area contributed by atoms with Crippen molar-refractivity contribution in [3.8, 4) is 0 Å². The highest BCUT2D eigenvalue weighted by Crippen LogP contribution is 2.34. The maximum absolute atomic E-state index is 13.0. The summed E-state index contributed by atoms with van der Waals surface area (Å²) in [7, 11) is 0. The Balaban J connectivity index is 1.53. The number of rotatable bonds is 4. The number of nitrogens with one attached hydrogen (secondary N) is 1. The summed E-state index contributed by atoms with van der Waals surface area (Å²) in [6.07, 6.45) is 6.56. The first kappa shape index (κ1) is 16.6. The van der Waals surface area contributed by atoms with Gasteiger partial charge in [-0.15, -0.1) is 0 Å². The molecule has 3 saturated heterocycles. The SMILES string of the molecule is CCc1[nH]nc(C(=O)N2C[C@@H]3CC[C@H](C2)N(CC2CCC2)C3=O)c1C. The molecule has 25 heavy (non-hydrogen) atoms. The van der Waals surface area contributed by atoms with Gasteiger partial charge in [0.2, 0.25) is 5.91 Å². The Morgan fingerprint density at radius 2 is 2.04 bits per heavy atom. The zero-order valence-electron chi connectivity index (χ0n) is 15.3. The van der Waals surface area contributed by atoms with Crippen LogP contribution < -0.4 is 0 Å². The molecule has 0 aromatic carbocycles. The fourth-order valence-electron chi connectivity index (χ4n) is 4.54. The topological polar surface area (TPSA) is 69.3 Å². The molecule has 1 N–H and O–H groups in total. The second-order valence-electron chi connectivity index (χ2n) is 7.96. The van der Waals surface area contributed by atoms with Gasteiger partial charge < -0.3 is 9.80 Å². The summed E-state index contributed by atoms with van der Waals surface area (Å²) in [4.78, 5) is 29.9. The Labute approximate surface area is 148 Å². The Morgan fingerprint density at radius 1 is 1.24 bits per heavy atom. The maximum atomic E-state index is 13.0. The predicted octanol–water partition coefficient (Wildman–Crippen LogP) is 2.14. The van der Waals surface area contributed by atoms with Gasteiger partial charge in [-0.25, -0.2) is 0 Å². The molecule has 0 unspecified atom stereocenters. The average Bonchev–Trinajstić information content (AvgIpc) is 2.74. The van der Waals surface area contributed by atoms with Crippen LogP contribution in [0.2, 0.25) is 0 Å². The largest absolute Gasteiger partial charge is 0.337 e. The quantitative estimate of drug-likeness (QED) is 0.910. The molecule has 2 bridgehead atoms. The summed E-state index contributed by atoms with van der Waals surface area (Å²) < 4.78 is 0. The number of aromatic amines is 1. The number of nitrogens with zero attached hydrogens (tertiary/aromatic N) is 3. The molecule has 1 aliphatic carbocycles. The Hall–Kier alpha value is -1.85. The van der Waals surface area contributed by atoms with Crippen molar-refractivity contribution in [2.24, 2.45) is 11.8 Å². The van der Waals surface area contributed by atoms with Crippen LogP contribution in [0.3, 0.4) is 0 Å². The van der Waals surface area contributed by atoms with Crippen molar-refractivity contribution < 1.29 is 9.59 Å². The van der Waals surface area contributed by atoms with Crippen molar-refractivity contribution in [2.45, 2.75) is 58.4 Å². The highest BCUT2D eigenvalue weighted by molar-refractivity contribution is 5.94. The van der Waals surface area contributed by atoms with E-state index in [0.717, 1.165) is 37.1 Å². The lowest BCUT2D eigenvalue weighted by atomic mass is 9.83. The minimum Gasteiger partial charge on any atom is -0.337 e. The molecule has 2 atom stereocenters. The van der Waals surface area contributed by atoms with E-state index in [1.807, 2.05) is 11.8 Å². The van der Waals surface area contributed by atoms with Crippen LogP contribution in [-0.2, 0) is 11.2 Å². The van der Waals surface area contributed by atoms with E-state index in [1.165, 1.54) is 19.3 Å². The first-order chi connectivity index (χ1) is 12.1. The van der Waals surface area contributed by atoms with Gasteiger partial charge in [-0.1, -0.05) is 13.3 Å². The van der Waals surface area contributed by atoms with Crippen molar-refractivity contribution in [1.82, 2.24) is 20.0 Å². The molecule has 2 amide bonds. The monoisotopic (exact) mass is 344 g/mol. The highest BCUT2D eigenvalue weighted by atomic mass is 16.2. The van der Waals surface area contributed by atoms with Crippen LogP contribution >= 0.6 is 0 Å². The smallest absolute Gasteiger partial charge is 0.274 e. The maximum Gasteiger partial charge on any atom is 0.274 e. The number of amides is 2. The summed E-state index contributed by atoms with van der Waals surface area (Å²) in [6.45, 7) is 6.10. The molecule has 0 radical (unpaired) electrons. The van der Waals surface area contributed by atoms with Gasteiger partial charge in [0.15, 0.2) is 5.69 Å². The van der Waals surface area contributed by atoms with E-state index in [1.54, 1.807) is 0 Å². The van der Waals surface area contributed by atoms with Crippen LogP contribution in [-0.4, -0.2) is 57.5 Å². The molecule has 1 aromatic rings. The van der Waals surface area contributed by atoms with Gasteiger partial charge in [0.05, 0.1) is 5.92 Å². The number of hydrogen-bond donors (Lipinski definition) is 1. The van der Waals surface area contributed by atoms with Crippen molar-refractivity contribution in [2.75, 3.05) is 19.6 Å². The number of carbonyl (C=O) groups excluding carboxylic acids is 2. The molecule has 4 heterocycles. The highest BCUT2D eigenvalue weighted by Gasteiger charge is 2.43. The summed E-state index contributed by atoms with van der Waals surface area (Å²) in [5.74, 6) is 0.885. The predicted molar refractivity (Wildman–Crippen MR) is 94.2 cm³/mol. The van der Waals surface area contributed by atoms with Crippen molar-refractivity contribution >= 4 is 11.8 Å². The lowest BCUT2D eigenvalue weighted by Crippen LogP contribution is -2.50. The lowest BCUT2D eigenvalue weighted by molar-refractivity contribution is -0.141. The molecule has 136 valence electrons. The molecule has 4 fully saturated rings. The van der Waals surface area contributed by atoms with E-state index in [2.05, 4.69) is 22.0 Å². The Bertz CT molecular complexity index is 679. The number of piperidine rings is 1. The van der Waals surface area contributed by atoms with Crippen LogP contribution in [0.1, 0.15) is 60.8 Å². The fraction of sp³-hybridized carbons (Fsp3) is 0.737. The first-order valence-corrected chi connectivity index (χ1v) is 9.72. The number of carbonyl (C=O) groups is 2. The molecular weight excluding hydrogens is 316 g/mol. The molecule has 3 aliphatic heterocycles. The van der Waals surface area contributed by atoms with Crippen LogP contribution in [0, 0.1) is 18.8 Å². The van der Waals surface area contributed by atoms with Crippen LogP contribution in [0.5, 0.6) is 0 Å². The first-order valence-electron chi connectivity index (χ1n) is 9.72. The van der Waals surface area contributed by atoms with Crippen molar-refractivity contribution in [3.63, 3.8) is 0 Å². The van der Waals surface area contributed by atoms with Gasteiger partial charge in [0, 0.05) is 36.9 Å². The van der Waals surface area contributed by atoms with E-state index < -0.39 is 0 Å². The normalized spacial score (nSPS) is 26.7. The molecule has 6 heteroatoms. The van der Waals surface area contributed by atoms with E-state index in [9.17, 15) is 9.59 Å². The molecule has 6 nitrogen and oxygen atoms in total. The minimum atomic E-state index is -0.0346. The lowest BCUT2D eigenvalue weighted by Gasteiger charge is -2.40. The summed E-state index contributed by atoms with van der Waals surface area (Å²) in [5.41, 5.74) is 2.49. The number of hydrogen-bond acceptors (Lipinski definition) is 3. The summed E-state index contributed by atoms with van der Waals surface area (Å²) in [5, 5.41) is 7.24.